The Labute approximate surface area is 109 Å². The maximum Gasteiger partial charge on any atom is 0.133 e. The number of hydrogen-bond acceptors (Lipinski definition) is 1. The molecule has 0 N–H and O–H groups in total. The van der Waals surface area contributed by atoms with Crippen molar-refractivity contribution < 1.29 is 9.13 Å². The maximum absolute atomic E-state index is 12.8. The van der Waals surface area contributed by atoms with Gasteiger partial charge < -0.3 is 4.74 Å². The predicted octanol–water partition coefficient (Wildman–Crippen LogP) is 4.77. The second-order valence-corrected chi connectivity index (χ2v) is 4.76. The minimum absolute atomic E-state index is 0.263. The van der Waals surface area contributed by atoms with Crippen LogP contribution in [0.1, 0.15) is 25.7 Å². The Morgan fingerprint density at radius 2 is 1.94 bits per heavy atom. The molecule has 0 aliphatic carbocycles. The molecule has 4 heteroatoms. The first-order valence-electron chi connectivity index (χ1n) is 5.38. The molecule has 0 bridgehead atoms. The van der Waals surface area contributed by atoms with Crippen LogP contribution in [0, 0.1) is 5.82 Å². The average molecular weight is 310 g/mol. The van der Waals surface area contributed by atoms with Gasteiger partial charge in [-0.25, -0.2) is 4.39 Å². The van der Waals surface area contributed by atoms with Gasteiger partial charge in [0, 0.05) is 5.88 Å². The lowest BCUT2D eigenvalue weighted by molar-refractivity contribution is 0.303. The average Bonchev–Trinajstić information content (AvgIpc) is 2.26. The third-order valence-electron chi connectivity index (χ3n) is 2.18. The topological polar surface area (TPSA) is 9.23 Å². The Hall–Kier alpha value is -0.280. The molecule has 0 atom stereocenters. The summed E-state index contributed by atoms with van der Waals surface area (Å²) in [6, 6.07) is 4.44. The largest absolute Gasteiger partial charge is 0.492 e. The zero-order chi connectivity index (χ0) is 11.8. The first-order valence-corrected chi connectivity index (χ1v) is 6.70. The van der Waals surface area contributed by atoms with Gasteiger partial charge in [0.15, 0.2) is 0 Å². The van der Waals surface area contributed by atoms with Gasteiger partial charge in [0.05, 0.1) is 11.1 Å². The molecule has 0 fully saturated rings. The second-order valence-electron chi connectivity index (χ2n) is 3.53. The number of hydrogen-bond donors (Lipinski definition) is 0. The van der Waals surface area contributed by atoms with Crippen LogP contribution in [-0.2, 0) is 0 Å². The van der Waals surface area contributed by atoms with E-state index in [0.29, 0.717) is 16.8 Å². The van der Waals surface area contributed by atoms with Crippen LogP contribution in [-0.4, -0.2) is 12.5 Å². The lowest BCUT2D eigenvalue weighted by Gasteiger charge is -2.07. The third-order valence-corrected chi connectivity index (χ3v) is 3.07. The van der Waals surface area contributed by atoms with Gasteiger partial charge in [0.2, 0.25) is 0 Å². The summed E-state index contributed by atoms with van der Waals surface area (Å²) < 4.78 is 19.0. The van der Waals surface area contributed by atoms with Crippen LogP contribution < -0.4 is 4.74 Å². The molecule has 0 aliphatic rings. The quantitative estimate of drug-likeness (QED) is 0.521. The zero-order valence-corrected chi connectivity index (χ0v) is 11.4. The molecule has 0 radical (unpaired) electrons. The van der Waals surface area contributed by atoms with E-state index in [1.807, 2.05) is 0 Å². The van der Waals surface area contributed by atoms with Crippen molar-refractivity contribution in [1.82, 2.24) is 0 Å². The molecule has 1 aromatic rings. The third kappa shape index (κ3) is 5.17. The Bertz CT molecular complexity index is 320. The van der Waals surface area contributed by atoms with Gasteiger partial charge in [-0.2, -0.15) is 0 Å². The standard InChI is InChI=1S/C12H15BrClFO/c13-11-9-10(15)5-6-12(11)16-8-4-2-1-3-7-14/h5-6,9H,1-4,7-8H2. The molecule has 1 nitrogen and oxygen atoms in total. The minimum Gasteiger partial charge on any atom is -0.492 e. The normalized spacial score (nSPS) is 10.4. The summed E-state index contributed by atoms with van der Waals surface area (Å²) in [6.45, 7) is 0.659. The molecular weight excluding hydrogens is 294 g/mol. The molecular formula is C12H15BrClFO. The van der Waals surface area contributed by atoms with E-state index in [1.165, 1.54) is 12.1 Å². The van der Waals surface area contributed by atoms with Crippen molar-refractivity contribution >= 4 is 27.5 Å². The minimum atomic E-state index is -0.263. The van der Waals surface area contributed by atoms with E-state index in [4.69, 9.17) is 16.3 Å². The summed E-state index contributed by atoms with van der Waals surface area (Å²) in [5, 5.41) is 0. The Morgan fingerprint density at radius 3 is 2.62 bits per heavy atom. The van der Waals surface area contributed by atoms with Crippen LogP contribution in [0.3, 0.4) is 0 Å². The summed E-state index contributed by atoms with van der Waals surface area (Å²) in [7, 11) is 0. The number of rotatable bonds is 7. The fourth-order valence-electron chi connectivity index (χ4n) is 1.32. The molecule has 0 unspecified atom stereocenters. The Morgan fingerprint density at radius 1 is 1.19 bits per heavy atom. The second kappa shape index (κ2) is 7.91. The predicted molar refractivity (Wildman–Crippen MR) is 68.8 cm³/mol. The highest BCUT2D eigenvalue weighted by Gasteiger charge is 2.01. The summed E-state index contributed by atoms with van der Waals surface area (Å²) in [5.41, 5.74) is 0. The molecule has 1 rings (SSSR count). The van der Waals surface area contributed by atoms with E-state index in [9.17, 15) is 4.39 Å². The van der Waals surface area contributed by atoms with Gasteiger partial charge in [-0.1, -0.05) is 12.8 Å². The zero-order valence-electron chi connectivity index (χ0n) is 9.02. The number of benzene rings is 1. The number of alkyl halides is 1. The number of unbranched alkanes of at least 4 members (excludes halogenated alkanes) is 3. The van der Waals surface area contributed by atoms with Gasteiger partial charge in [0.1, 0.15) is 11.6 Å². The Kier molecular flexibility index (Phi) is 6.81. The SMILES string of the molecule is Fc1ccc(OCCCCCCCl)c(Br)c1. The van der Waals surface area contributed by atoms with E-state index >= 15 is 0 Å². The molecule has 0 aromatic heterocycles. The van der Waals surface area contributed by atoms with Crippen molar-refractivity contribution in [3.05, 3.63) is 28.5 Å². The maximum atomic E-state index is 12.8. The number of ether oxygens (including phenoxy) is 1. The molecule has 0 saturated carbocycles. The van der Waals surface area contributed by atoms with Crippen molar-refractivity contribution in [2.75, 3.05) is 12.5 Å². The molecule has 0 aliphatic heterocycles. The molecule has 0 heterocycles. The van der Waals surface area contributed by atoms with E-state index in [0.717, 1.165) is 31.6 Å². The fourth-order valence-corrected chi connectivity index (χ4v) is 1.98. The molecule has 0 saturated heterocycles. The van der Waals surface area contributed by atoms with Gasteiger partial charge in [-0.05, 0) is 47.0 Å². The molecule has 16 heavy (non-hydrogen) atoms. The van der Waals surface area contributed by atoms with E-state index < -0.39 is 0 Å². The fraction of sp³-hybridized carbons (Fsp3) is 0.500. The highest BCUT2D eigenvalue weighted by atomic mass is 79.9. The van der Waals surface area contributed by atoms with Crippen LogP contribution in [0.25, 0.3) is 0 Å². The molecule has 0 spiro atoms. The summed E-state index contributed by atoms with van der Waals surface area (Å²) >= 11 is 8.83. The van der Waals surface area contributed by atoms with E-state index in [2.05, 4.69) is 15.9 Å². The number of halogens is 3. The van der Waals surface area contributed by atoms with Crippen LogP contribution >= 0.6 is 27.5 Å². The van der Waals surface area contributed by atoms with E-state index in [-0.39, 0.29) is 5.82 Å². The Balaban J connectivity index is 2.21. The van der Waals surface area contributed by atoms with Gasteiger partial charge in [-0.3, -0.25) is 0 Å². The van der Waals surface area contributed by atoms with Gasteiger partial charge >= 0.3 is 0 Å². The van der Waals surface area contributed by atoms with Crippen molar-refractivity contribution in [3.63, 3.8) is 0 Å². The monoisotopic (exact) mass is 308 g/mol. The van der Waals surface area contributed by atoms with Gasteiger partial charge in [0.25, 0.3) is 0 Å². The molecule has 90 valence electrons. The van der Waals surface area contributed by atoms with Crippen molar-refractivity contribution in [1.29, 1.82) is 0 Å². The highest BCUT2D eigenvalue weighted by Crippen LogP contribution is 2.25. The van der Waals surface area contributed by atoms with Crippen LogP contribution in [0.4, 0.5) is 4.39 Å². The van der Waals surface area contributed by atoms with E-state index in [1.54, 1.807) is 6.07 Å². The first kappa shape index (κ1) is 13.8. The lowest BCUT2D eigenvalue weighted by Crippen LogP contribution is -1.98. The smallest absolute Gasteiger partial charge is 0.133 e. The van der Waals surface area contributed by atoms with Crippen LogP contribution in [0.15, 0.2) is 22.7 Å². The summed E-state index contributed by atoms with van der Waals surface area (Å²) in [6.07, 6.45) is 4.31. The van der Waals surface area contributed by atoms with Gasteiger partial charge in [-0.15, -0.1) is 11.6 Å². The van der Waals surface area contributed by atoms with Crippen LogP contribution in [0.2, 0.25) is 0 Å². The van der Waals surface area contributed by atoms with Crippen molar-refractivity contribution in [2.24, 2.45) is 0 Å². The summed E-state index contributed by atoms with van der Waals surface area (Å²) in [5.74, 6) is 1.16. The van der Waals surface area contributed by atoms with Crippen molar-refractivity contribution in [2.45, 2.75) is 25.7 Å². The molecule has 0 amide bonds. The lowest BCUT2D eigenvalue weighted by atomic mass is 10.2. The van der Waals surface area contributed by atoms with Crippen LogP contribution in [0.5, 0.6) is 5.75 Å². The summed E-state index contributed by atoms with van der Waals surface area (Å²) in [4.78, 5) is 0. The first-order chi connectivity index (χ1) is 7.74. The van der Waals surface area contributed by atoms with Crippen molar-refractivity contribution in [3.8, 4) is 5.75 Å². The highest BCUT2D eigenvalue weighted by molar-refractivity contribution is 9.10. The molecule has 1 aromatic carbocycles.